The lowest BCUT2D eigenvalue weighted by Crippen LogP contribution is -2.09. The molecule has 0 saturated heterocycles. The van der Waals surface area contributed by atoms with Crippen LogP contribution in [-0.4, -0.2) is 19.5 Å². The second-order valence-corrected chi connectivity index (χ2v) is 5.24. The predicted molar refractivity (Wildman–Crippen MR) is 83.4 cm³/mol. The van der Waals surface area contributed by atoms with Crippen molar-refractivity contribution in [2.24, 2.45) is 0 Å². The lowest BCUT2D eigenvalue weighted by Gasteiger charge is -2.07. The van der Waals surface area contributed by atoms with Gasteiger partial charge in [-0.15, -0.1) is 0 Å². The van der Waals surface area contributed by atoms with Gasteiger partial charge in [-0.25, -0.2) is 0 Å². The smallest absolute Gasteiger partial charge is 0.188 e. The third-order valence-electron chi connectivity index (χ3n) is 2.89. The van der Waals surface area contributed by atoms with Crippen LogP contribution < -0.4 is 4.74 Å². The zero-order valence-corrected chi connectivity index (χ0v) is 12.9. The topological polar surface area (TPSA) is 35.5 Å². The molecule has 0 atom stereocenters. The molecule has 0 aromatic heterocycles. The molecule has 0 aliphatic heterocycles. The number of carbonyl (C=O) groups is 1. The lowest BCUT2D eigenvalue weighted by molar-refractivity contribution is 0.0726. The fourth-order valence-corrected chi connectivity index (χ4v) is 2.15. The van der Waals surface area contributed by atoms with Crippen LogP contribution in [0.25, 0.3) is 0 Å². The van der Waals surface area contributed by atoms with Crippen LogP contribution in [0.2, 0.25) is 10.0 Å². The maximum absolute atomic E-state index is 12.0. The van der Waals surface area contributed by atoms with Gasteiger partial charge in [0.25, 0.3) is 0 Å². The van der Waals surface area contributed by atoms with Crippen molar-refractivity contribution in [1.82, 2.24) is 0 Å². The van der Waals surface area contributed by atoms with Gasteiger partial charge in [-0.2, -0.15) is 0 Å². The molecule has 2 rings (SSSR count). The molecular weight excluding hydrogens is 311 g/mol. The highest BCUT2D eigenvalue weighted by Gasteiger charge is 2.09. The van der Waals surface area contributed by atoms with Gasteiger partial charge in [-0.1, -0.05) is 35.3 Å². The second kappa shape index (κ2) is 7.46. The number of carbonyl (C=O) groups excluding carboxylic acids is 1. The van der Waals surface area contributed by atoms with Crippen LogP contribution in [0.15, 0.2) is 42.5 Å². The number of hydrogen-bond acceptors (Lipinski definition) is 3. The van der Waals surface area contributed by atoms with E-state index < -0.39 is 0 Å². The Kier molecular flexibility index (Phi) is 5.62. The van der Waals surface area contributed by atoms with E-state index in [4.69, 9.17) is 32.7 Å². The molecular formula is C16H14Cl2O3. The van der Waals surface area contributed by atoms with Gasteiger partial charge in [-0.05, 0) is 35.9 Å². The first-order chi connectivity index (χ1) is 10.1. The molecule has 0 saturated carbocycles. The minimum atomic E-state index is -0.131. The van der Waals surface area contributed by atoms with Crippen molar-refractivity contribution in [2.75, 3.05) is 13.7 Å². The van der Waals surface area contributed by atoms with E-state index in [9.17, 15) is 4.79 Å². The monoisotopic (exact) mass is 324 g/mol. The highest BCUT2D eigenvalue weighted by molar-refractivity contribution is 6.32. The molecule has 0 radical (unpaired) electrons. The Morgan fingerprint density at radius 2 is 1.81 bits per heavy atom. The molecule has 0 spiro atoms. The van der Waals surface area contributed by atoms with Gasteiger partial charge in [0.15, 0.2) is 5.78 Å². The maximum Gasteiger partial charge on any atom is 0.188 e. The summed E-state index contributed by atoms with van der Waals surface area (Å²) < 4.78 is 10.4. The summed E-state index contributed by atoms with van der Waals surface area (Å²) in [5, 5.41) is 1.07. The average Bonchev–Trinajstić information content (AvgIpc) is 2.49. The number of ketones is 1. The van der Waals surface area contributed by atoms with Crippen LogP contribution in [0.5, 0.6) is 5.75 Å². The summed E-state index contributed by atoms with van der Waals surface area (Å²) in [7, 11) is 1.53. The summed E-state index contributed by atoms with van der Waals surface area (Å²) >= 11 is 11.8. The van der Waals surface area contributed by atoms with Gasteiger partial charge in [0.1, 0.15) is 12.4 Å². The number of benzene rings is 2. The Balaban J connectivity index is 1.89. The Labute approximate surface area is 133 Å². The molecule has 0 amide bonds. The van der Waals surface area contributed by atoms with Crippen LogP contribution in [0.3, 0.4) is 0 Å². The molecule has 2 aromatic rings. The van der Waals surface area contributed by atoms with E-state index >= 15 is 0 Å². The van der Waals surface area contributed by atoms with Crippen molar-refractivity contribution >= 4 is 29.0 Å². The SMILES string of the molecule is COc1ccc(C(=O)COCc2ccc(Cl)cc2)cc1Cl. The third-order valence-corrected chi connectivity index (χ3v) is 3.44. The standard InChI is InChI=1S/C16H14Cl2O3/c1-20-16-7-4-12(8-14(16)18)15(19)10-21-9-11-2-5-13(17)6-3-11/h2-8H,9-10H2,1H3. The van der Waals surface area contributed by atoms with Crippen LogP contribution in [0.1, 0.15) is 15.9 Å². The van der Waals surface area contributed by atoms with E-state index in [-0.39, 0.29) is 12.4 Å². The molecule has 21 heavy (non-hydrogen) atoms. The third kappa shape index (κ3) is 4.46. The first-order valence-electron chi connectivity index (χ1n) is 6.29. The van der Waals surface area contributed by atoms with E-state index in [0.717, 1.165) is 5.56 Å². The van der Waals surface area contributed by atoms with Crippen molar-refractivity contribution in [1.29, 1.82) is 0 Å². The van der Waals surface area contributed by atoms with E-state index in [0.29, 0.717) is 28.0 Å². The molecule has 0 bridgehead atoms. The Bertz CT molecular complexity index is 624. The summed E-state index contributed by atoms with van der Waals surface area (Å²) in [6.07, 6.45) is 0. The first kappa shape index (κ1) is 15.8. The molecule has 0 heterocycles. The van der Waals surface area contributed by atoms with Gasteiger partial charge in [0.05, 0.1) is 18.7 Å². The number of methoxy groups -OCH3 is 1. The Hall–Kier alpha value is -1.55. The van der Waals surface area contributed by atoms with Crippen LogP contribution in [0, 0.1) is 0 Å². The highest BCUT2D eigenvalue weighted by atomic mass is 35.5. The van der Waals surface area contributed by atoms with Gasteiger partial charge in [0, 0.05) is 10.6 Å². The van der Waals surface area contributed by atoms with Crippen molar-refractivity contribution in [3.8, 4) is 5.75 Å². The quantitative estimate of drug-likeness (QED) is 0.739. The summed E-state index contributed by atoms with van der Waals surface area (Å²) in [5.41, 5.74) is 1.46. The van der Waals surface area contributed by atoms with Crippen LogP contribution in [0.4, 0.5) is 0 Å². The molecule has 0 aliphatic carbocycles. The van der Waals surface area contributed by atoms with Crippen molar-refractivity contribution in [3.05, 3.63) is 63.6 Å². The van der Waals surface area contributed by atoms with Gasteiger partial charge >= 0.3 is 0 Å². The van der Waals surface area contributed by atoms with Crippen LogP contribution in [-0.2, 0) is 11.3 Å². The highest BCUT2D eigenvalue weighted by Crippen LogP contribution is 2.25. The van der Waals surface area contributed by atoms with Gasteiger partial charge < -0.3 is 9.47 Å². The number of Topliss-reactive ketones (excluding diaryl/α,β-unsaturated/α-hetero) is 1. The molecule has 5 heteroatoms. The van der Waals surface area contributed by atoms with E-state index in [1.165, 1.54) is 7.11 Å². The molecule has 0 N–H and O–H groups in total. The lowest BCUT2D eigenvalue weighted by atomic mass is 10.1. The average molecular weight is 325 g/mol. The minimum absolute atomic E-state index is 0.00865. The van der Waals surface area contributed by atoms with Gasteiger partial charge in [0.2, 0.25) is 0 Å². The number of rotatable bonds is 6. The zero-order chi connectivity index (χ0) is 15.2. The normalized spacial score (nSPS) is 10.4. The van der Waals surface area contributed by atoms with Gasteiger partial charge in [-0.3, -0.25) is 4.79 Å². The molecule has 3 nitrogen and oxygen atoms in total. The number of halogens is 2. The summed E-state index contributed by atoms with van der Waals surface area (Å²) in [6, 6.07) is 12.2. The van der Waals surface area contributed by atoms with E-state index in [1.807, 2.05) is 12.1 Å². The molecule has 2 aromatic carbocycles. The minimum Gasteiger partial charge on any atom is -0.495 e. The van der Waals surface area contributed by atoms with Crippen molar-refractivity contribution < 1.29 is 14.3 Å². The fraction of sp³-hybridized carbons (Fsp3) is 0.188. The molecule has 0 aliphatic rings. The van der Waals surface area contributed by atoms with E-state index in [1.54, 1.807) is 30.3 Å². The first-order valence-corrected chi connectivity index (χ1v) is 7.04. The zero-order valence-electron chi connectivity index (χ0n) is 11.4. The van der Waals surface area contributed by atoms with Crippen molar-refractivity contribution in [3.63, 3.8) is 0 Å². The van der Waals surface area contributed by atoms with E-state index in [2.05, 4.69) is 0 Å². The number of ether oxygens (including phenoxy) is 2. The Morgan fingerprint density at radius 1 is 1.10 bits per heavy atom. The largest absolute Gasteiger partial charge is 0.495 e. The fourth-order valence-electron chi connectivity index (χ4n) is 1.77. The summed E-state index contributed by atoms with van der Waals surface area (Å²) in [5.74, 6) is 0.406. The number of hydrogen-bond donors (Lipinski definition) is 0. The second-order valence-electron chi connectivity index (χ2n) is 4.39. The van der Waals surface area contributed by atoms with Crippen LogP contribution >= 0.6 is 23.2 Å². The van der Waals surface area contributed by atoms with Crippen molar-refractivity contribution in [2.45, 2.75) is 6.61 Å². The maximum atomic E-state index is 12.0. The molecule has 0 fully saturated rings. The summed E-state index contributed by atoms with van der Waals surface area (Å²) in [4.78, 5) is 12.0. The molecule has 0 unspecified atom stereocenters. The summed E-state index contributed by atoms with van der Waals surface area (Å²) in [6.45, 7) is 0.345. The molecule has 110 valence electrons. The Morgan fingerprint density at radius 3 is 2.43 bits per heavy atom. The predicted octanol–water partition coefficient (Wildman–Crippen LogP) is 4.40.